The summed E-state index contributed by atoms with van der Waals surface area (Å²) in [7, 11) is 1.30. The van der Waals surface area contributed by atoms with E-state index >= 15 is 0 Å². The highest BCUT2D eigenvalue weighted by molar-refractivity contribution is 6.31. The Morgan fingerprint density at radius 1 is 1.08 bits per heavy atom. The van der Waals surface area contributed by atoms with Gasteiger partial charge in [0.1, 0.15) is 5.58 Å². The molecule has 0 aliphatic heterocycles. The third-order valence-electron chi connectivity index (χ3n) is 3.88. The molecule has 0 spiro atoms. The summed E-state index contributed by atoms with van der Waals surface area (Å²) >= 11 is 11.9. The van der Waals surface area contributed by atoms with E-state index in [2.05, 4.69) is 5.32 Å². The molecular weight excluding hydrogens is 377 g/mol. The van der Waals surface area contributed by atoms with E-state index in [0.29, 0.717) is 15.6 Å². The van der Waals surface area contributed by atoms with Crippen LogP contribution in [0.5, 0.6) is 0 Å². The fourth-order valence-corrected chi connectivity index (χ4v) is 2.86. The summed E-state index contributed by atoms with van der Waals surface area (Å²) in [6, 6.07) is 13.0. The number of carbonyl (C=O) groups excluding carboxylic acids is 2. The molecule has 26 heavy (non-hydrogen) atoms. The minimum atomic E-state index is -0.580. The van der Waals surface area contributed by atoms with Crippen LogP contribution in [-0.2, 0) is 9.53 Å². The lowest BCUT2D eigenvalue weighted by Gasteiger charge is -2.17. The first kappa shape index (κ1) is 18.3. The minimum Gasteiger partial charge on any atom is -0.469 e. The second-order valence-electron chi connectivity index (χ2n) is 5.65. The molecule has 7 heteroatoms. The monoisotopic (exact) mass is 391 g/mol. The van der Waals surface area contributed by atoms with Crippen molar-refractivity contribution in [3.05, 3.63) is 69.9 Å². The maximum absolute atomic E-state index is 12.6. The highest BCUT2D eigenvalue weighted by Gasteiger charge is 2.22. The zero-order chi connectivity index (χ0) is 18.7. The highest BCUT2D eigenvalue weighted by Crippen LogP contribution is 2.25. The van der Waals surface area contributed by atoms with E-state index in [1.165, 1.54) is 7.11 Å². The van der Waals surface area contributed by atoms with E-state index in [1.54, 1.807) is 48.5 Å². The van der Waals surface area contributed by atoms with Gasteiger partial charge in [-0.25, -0.2) is 0 Å². The topological polar surface area (TPSA) is 68.5 Å². The molecule has 1 atom stereocenters. The third-order valence-corrected chi connectivity index (χ3v) is 4.37. The van der Waals surface area contributed by atoms with Crippen molar-refractivity contribution in [1.82, 2.24) is 5.32 Å². The van der Waals surface area contributed by atoms with Gasteiger partial charge in [-0.1, -0.05) is 35.3 Å². The first-order chi connectivity index (χ1) is 12.5. The number of rotatable bonds is 5. The number of ether oxygens (including phenoxy) is 1. The molecule has 0 radical (unpaired) electrons. The third kappa shape index (κ3) is 4.18. The second-order valence-corrected chi connectivity index (χ2v) is 6.52. The van der Waals surface area contributed by atoms with Gasteiger partial charge in [0.25, 0.3) is 5.91 Å². The molecule has 3 rings (SSSR count). The Balaban J connectivity index is 1.85. The predicted octanol–water partition coefficient (Wildman–Crippen LogP) is 4.77. The van der Waals surface area contributed by atoms with Crippen LogP contribution in [0.4, 0.5) is 0 Å². The van der Waals surface area contributed by atoms with Crippen LogP contribution in [-0.4, -0.2) is 19.0 Å². The minimum absolute atomic E-state index is 0.0179. The van der Waals surface area contributed by atoms with Crippen LogP contribution < -0.4 is 5.32 Å². The van der Waals surface area contributed by atoms with Gasteiger partial charge in [-0.2, -0.15) is 0 Å². The Hall–Kier alpha value is -2.50. The summed E-state index contributed by atoms with van der Waals surface area (Å²) in [6.45, 7) is 0. The van der Waals surface area contributed by atoms with Crippen molar-refractivity contribution in [3.63, 3.8) is 0 Å². The molecule has 1 heterocycles. The zero-order valence-electron chi connectivity index (χ0n) is 13.8. The second kappa shape index (κ2) is 7.81. The van der Waals surface area contributed by atoms with Crippen LogP contribution in [0.25, 0.3) is 11.0 Å². The van der Waals surface area contributed by atoms with Crippen LogP contribution in [0, 0.1) is 0 Å². The number of fused-ring (bicyclic) bond motifs is 1. The van der Waals surface area contributed by atoms with Gasteiger partial charge in [-0.3, -0.25) is 9.59 Å². The fraction of sp³-hybridized carbons (Fsp3) is 0.158. The summed E-state index contributed by atoms with van der Waals surface area (Å²) in [6.07, 6.45) is -0.0179. The van der Waals surface area contributed by atoms with Crippen LogP contribution in [0.15, 0.2) is 52.9 Å². The summed E-state index contributed by atoms with van der Waals surface area (Å²) in [4.78, 5) is 24.3. The molecule has 1 N–H and O–H groups in total. The largest absolute Gasteiger partial charge is 0.469 e. The van der Waals surface area contributed by atoms with E-state index in [1.807, 2.05) is 0 Å². The van der Waals surface area contributed by atoms with Gasteiger partial charge in [0, 0.05) is 15.4 Å². The standard InChI is InChI=1S/C19H15Cl2NO4/c1-25-18(23)10-15(11-2-4-13(20)5-3-11)22-19(24)17-9-12-8-14(21)6-7-16(12)26-17/h2-9,15H,10H2,1H3,(H,22,24). The molecule has 0 bridgehead atoms. The van der Waals surface area contributed by atoms with Gasteiger partial charge in [0.15, 0.2) is 5.76 Å². The number of hydrogen-bond acceptors (Lipinski definition) is 4. The number of benzene rings is 2. The first-order valence-electron chi connectivity index (χ1n) is 7.78. The Morgan fingerprint density at radius 3 is 2.46 bits per heavy atom. The molecule has 1 unspecified atom stereocenters. The molecular formula is C19H15Cl2NO4. The zero-order valence-corrected chi connectivity index (χ0v) is 15.3. The van der Waals surface area contributed by atoms with Crippen molar-refractivity contribution < 1.29 is 18.7 Å². The molecule has 1 amide bonds. The Bertz CT molecular complexity index is 950. The van der Waals surface area contributed by atoms with Crippen molar-refractivity contribution in [2.75, 3.05) is 7.11 Å². The fourth-order valence-electron chi connectivity index (χ4n) is 2.55. The number of carbonyl (C=O) groups is 2. The van der Waals surface area contributed by atoms with Crippen molar-refractivity contribution in [2.24, 2.45) is 0 Å². The smallest absolute Gasteiger partial charge is 0.307 e. The maximum Gasteiger partial charge on any atom is 0.307 e. The van der Waals surface area contributed by atoms with E-state index in [-0.39, 0.29) is 12.2 Å². The molecule has 5 nitrogen and oxygen atoms in total. The van der Waals surface area contributed by atoms with Crippen LogP contribution in [0.2, 0.25) is 10.0 Å². The number of halogens is 2. The van der Waals surface area contributed by atoms with Gasteiger partial charge in [-0.05, 0) is 42.0 Å². The summed E-state index contributed by atoms with van der Waals surface area (Å²) in [5, 5.41) is 4.63. The number of methoxy groups -OCH3 is 1. The van der Waals surface area contributed by atoms with Crippen LogP contribution in [0.3, 0.4) is 0 Å². The molecule has 1 aromatic heterocycles. The van der Waals surface area contributed by atoms with E-state index in [9.17, 15) is 9.59 Å². The van der Waals surface area contributed by atoms with E-state index in [0.717, 1.165) is 10.9 Å². The summed E-state index contributed by atoms with van der Waals surface area (Å²) in [5.74, 6) is -0.756. The lowest BCUT2D eigenvalue weighted by molar-refractivity contribution is -0.141. The molecule has 0 aliphatic carbocycles. The lowest BCUT2D eigenvalue weighted by Crippen LogP contribution is -2.30. The SMILES string of the molecule is COC(=O)CC(NC(=O)c1cc2cc(Cl)ccc2o1)c1ccc(Cl)cc1. The van der Waals surface area contributed by atoms with Gasteiger partial charge < -0.3 is 14.5 Å². The van der Waals surface area contributed by atoms with E-state index < -0.39 is 17.9 Å². The van der Waals surface area contributed by atoms with Gasteiger partial charge in [-0.15, -0.1) is 0 Å². The van der Waals surface area contributed by atoms with E-state index in [4.69, 9.17) is 32.4 Å². The number of nitrogens with one attached hydrogen (secondary N) is 1. The summed E-state index contributed by atoms with van der Waals surface area (Å²) < 4.78 is 10.3. The number of hydrogen-bond donors (Lipinski definition) is 1. The van der Waals surface area contributed by atoms with Crippen LogP contribution >= 0.6 is 23.2 Å². The molecule has 0 aliphatic rings. The van der Waals surface area contributed by atoms with Gasteiger partial charge in [0.05, 0.1) is 19.6 Å². The number of amides is 1. The van der Waals surface area contributed by atoms with Crippen LogP contribution in [0.1, 0.15) is 28.6 Å². The van der Waals surface area contributed by atoms with Crippen molar-refractivity contribution >= 4 is 46.0 Å². The Labute approximate surface area is 159 Å². The summed E-state index contributed by atoms with van der Waals surface area (Å²) in [5.41, 5.74) is 1.28. The maximum atomic E-state index is 12.6. The quantitative estimate of drug-likeness (QED) is 0.635. The van der Waals surface area contributed by atoms with Gasteiger partial charge in [0.2, 0.25) is 0 Å². The normalized spacial score (nSPS) is 12.0. The molecule has 134 valence electrons. The Morgan fingerprint density at radius 2 is 1.77 bits per heavy atom. The van der Waals surface area contributed by atoms with Crippen molar-refractivity contribution in [1.29, 1.82) is 0 Å². The lowest BCUT2D eigenvalue weighted by atomic mass is 10.0. The molecule has 2 aromatic carbocycles. The average Bonchev–Trinajstić information content (AvgIpc) is 3.05. The number of esters is 1. The van der Waals surface area contributed by atoms with Crippen molar-refractivity contribution in [3.8, 4) is 0 Å². The molecule has 0 saturated carbocycles. The highest BCUT2D eigenvalue weighted by atomic mass is 35.5. The first-order valence-corrected chi connectivity index (χ1v) is 8.54. The number of furan rings is 1. The predicted molar refractivity (Wildman–Crippen MR) is 99.5 cm³/mol. The van der Waals surface area contributed by atoms with Gasteiger partial charge >= 0.3 is 5.97 Å². The van der Waals surface area contributed by atoms with Crippen molar-refractivity contribution in [2.45, 2.75) is 12.5 Å². The average molecular weight is 392 g/mol. The molecule has 0 fully saturated rings. The molecule has 0 saturated heterocycles. The Kier molecular flexibility index (Phi) is 5.49. The molecule has 3 aromatic rings.